The van der Waals surface area contributed by atoms with E-state index in [4.69, 9.17) is 0 Å². The molecular weight excluding hydrogens is 369 g/mol. The van der Waals surface area contributed by atoms with Crippen LogP contribution in [-0.2, 0) is 0 Å². The van der Waals surface area contributed by atoms with Crippen LogP contribution >= 0.6 is 28.3 Å². The quantitative estimate of drug-likeness (QED) is 0.430. The number of nitro benzene ring substituents is 1. The number of nitrogens with one attached hydrogen (secondary N) is 2. The molecule has 2 N–H and O–H groups in total. The minimum atomic E-state index is -0.825. The van der Waals surface area contributed by atoms with Gasteiger partial charge in [-0.2, -0.15) is 0 Å². The van der Waals surface area contributed by atoms with Crippen molar-refractivity contribution < 1.29 is 14.1 Å². The molecule has 1 aromatic carbocycles. The zero-order chi connectivity index (χ0) is 15.1. The lowest BCUT2D eigenvalue weighted by Crippen LogP contribution is -2.32. The molecule has 0 saturated carbocycles. The van der Waals surface area contributed by atoms with Gasteiger partial charge < -0.3 is 10.6 Å². The number of nitrogens with zero attached hydrogens (tertiary/aromatic N) is 1. The van der Waals surface area contributed by atoms with E-state index in [2.05, 4.69) is 26.6 Å². The lowest BCUT2D eigenvalue weighted by molar-refractivity contribution is -0.385. The molecule has 9 heteroatoms. The zero-order valence-corrected chi connectivity index (χ0v) is 13.7. The summed E-state index contributed by atoms with van der Waals surface area (Å²) < 4.78 is 13.3. The molecule has 0 fully saturated rings. The van der Waals surface area contributed by atoms with Gasteiger partial charge in [-0.1, -0.05) is 6.92 Å². The maximum Gasteiger partial charge on any atom is 0.287 e. The molecule has 0 aliphatic heterocycles. The number of hydrogen-bond donors (Lipinski definition) is 2. The monoisotopic (exact) mass is 383 g/mol. The Morgan fingerprint density at radius 1 is 1.38 bits per heavy atom. The first-order chi connectivity index (χ1) is 9.47. The third kappa shape index (κ3) is 5.94. The van der Waals surface area contributed by atoms with Gasteiger partial charge in [0, 0.05) is 13.1 Å². The molecule has 118 valence electrons. The van der Waals surface area contributed by atoms with E-state index in [9.17, 15) is 19.3 Å². The van der Waals surface area contributed by atoms with E-state index in [-0.39, 0.29) is 22.4 Å². The summed E-state index contributed by atoms with van der Waals surface area (Å²) in [6, 6.07) is 1.73. The fraction of sp³-hybridized carbons (Fsp3) is 0.417. The summed E-state index contributed by atoms with van der Waals surface area (Å²) in [6.07, 6.45) is 0.982. The van der Waals surface area contributed by atoms with E-state index < -0.39 is 22.3 Å². The highest BCUT2D eigenvalue weighted by Crippen LogP contribution is 2.29. The number of rotatable bonds is 7. The van der Waals surface area contributed by atoms with E-state index in [1.165, 1.54) is 0 Å². The minimum absolute atomic E-state index is 0. The van der Waals surface area contributed by atoms with Crippen molar-refractivity contribution in [1.29, 1.82) is 0 Å². The average Bonchev–Trinajstić information content (AvgIpc) is 2.40. The number of carbonyl (C=O) groups is 1. The fourth-order valence-corrected chi connectivity index (χ4v) is 2.09. The van der Waals surface area contributed by atoms with Crippen molar-refractivity contribution in [2.75, 3.05) is 19.6 Å². The van der Waals surface area contributed by atoms with Crippen LogP contribution < -0.4 is 10.6 Å². The Kier molecular flexibility index (Phi) is 9.07. The van der Waals surface area contributed by atoms with Crippen LogP contribution in [0.2, 0.25) is 0 Å². The normalized spacial score (nSPS) is 9.86. The van der Waals surface area contributed by atoms with Crippen LogP contribution in [0.15, 0.2) is 16.6 Å². The Morgan fingerprint density at radius 2 is 2.05 bits per heavy atom. The third-order valence-corrected chi connectivity index (χ3v) is 3.31. The second kappa shape index (κ2) is 9.64. The summed E-state index contributed by atoms with van der Waals surface area (Å²) in [5.41, 5.74) is -0.563. The van der Waals surface area contributed by atoms with Crippen molar-refractivity contribution in [3.05, 3.63) is 38.1 Å². The highest BCUT2D eigenvalue weighted by molar-refractivity contribution is 9.10. The van der Waals surface area contributed by atoms with Gasteiger partial charge in [-0.05, 0) is 35.0 Å². The molecule has 0 unspecified atom stereocenters. The van der Waals surface area contributed by atoms with E-state index in [1.807, 2.05) is 6.92 Å². The van der Waals surface area contributed by atoms with E-state index in [0.29, 0.717) is 13.1 Å². The van der Waals surface area contributed by atoms with Crippen LogP contribution in [0, 0.1) is 15.9 Å². The van der Waals surface area contributed by atoms with Gasteiger partial charge >= 0.3 is 0 Å². The van der Waals surface area contributed by atoms with Gasteiger partial charge in [0.05, 0.1) is 16.6 Å². The molecule has 0 saturated heterocycles. The summed E-state index contributed by atoms with van der Waals surface area (Å²) in [5, 5.41) is 16.4. The highest BCUT2D eigenvalue weighted by atomic mass is 79.9. The predicted octanol–water partition coefficient (Wildman–Crippen LogP) is 2.65. The summed E-state index contributed by atoms with van der Waals surface area (Å²) >= 11 is 2.97. The van der Waals surface area contributed by atoms with Crippen LogP contribution in [-0.4, -0.2) is 30.5 Å². The molecule has 6 nitrogen and oxygen atoms in total. The van der Waals surface area contributed by atoms with Crippen molar-refractivity contribution in [1.82, 2.24) is 10.6 Å². The topological polar surface area (TPSA) is 84.3 Å². The fourth-order valence-electron chi connectivity index (χ4n) is 1.53. The second-order valence-corrected chi connectivity index (χ2v) is 4.84. The smallest absolute Gasteiger partial charge is 0.287 e. The molecule has 0 radical (unpaired) electrons. The van der Waals surface area contributed by atoms with Gasteiger partial charge in [0.1, 0.15) is 10.3 Å². The number of benzene rings is 1. The zero-order valence-electron chi connectivity index (χ0n) is 11.3. The van der Waals surface area contributed by atoms with Gasteiger partial charge in [0.15, 0.2) is 0 Å². The van der Waals surface area contributed by atoms with Crippen LogP contribution in [0.3, 0.4) is 0 Å². The Hall–Kier alpha value is -1.25. The SMILES string of the molecule is CCCNCCNC(=O)c1cc(F)cc([N+](=O)[O-])c1Br.Cl. The molecule has 1 aromatic rings. The van der Waals surface area contributed by atoms with Gasteiger partial charge in [-0.3, -0.25) is 14.9 Å². The Morgan fingerprint density at radius 3 is 2.62 bits per heavy atom. The lowest BCUT2D eigenvalue weighted by Gasteiger charge is -2.08. The molecular formula is C12H16BrClFN3O3. The minimum Gasteiger partial charge on any atom is -0.351 e. The standard InChI is InChI=1S/C12H15BrFN3O3.ClH/c1-2-3-15-4-5-16-12(18)9-6-8(14)7-10(11(9)13)17(19)20;/h6-7,15H,2-5H2,1H3,(H,16,18);1H. The van der Waals surface area contributed by atoms with Crippen LogP contribution in [0.4, 0.5) is 10.1 Å². The number of carbonyl (C=O) groups excluding carboxylic acids is 1. The first-order valence-corrected chi connectivity index (χ1v) is 6.89. The average molecular weight is 385 g/mol. The number of hydrogen-bond acceptors (Lipinski definition) is 4. The van der Waals surface area contributed by atoms with Crippen molar-refractivity contribution in [3.8, 4) is 0 Å². The highest BCUT2D eigenvalue weighted by Gasteiger charge is 2.21. The number of nitro groups is 1. The maximum absolute atomic E-state index is 13.3. The molecule has 0 spiro atoms. The largest absolute Gasteiger partial charge is 0.351 e. The third-order valence-electron chi connectivity index (χ3n) is 2.47. The summed E-state index contributed by atoms with van der Waals surface area (Å²) in [4.78, 5) is 21.9. The molecule has 21 heavy (non-hydrogen) atoms. The van der Waals surface area contributed by atoms with Crippen LogP contribution in [0.25, 0.3) is 0 Å². The second-order valence-electron chi connectivity index (χ2n) is 4.05. The molecule has 1 rings (SSSR count). The Balaban J connectivity index is 0.00000400. The van der Waals surface area contributed by atoms with Crippen molar-refractivity contribution >= 4 is 39.9 Å². The van der Waals surface area contributed by atoms with E-state index in [0.717, 1.165) is 25.1 Å². The summed E-state index contributed by atoms with van der Waals surface area (Å²) in [5.74, 6) is -1.38. The molecule has 0 atom stereocenters. The molecule has 1 amide bonds. The first kappa shape index (κ1) is 19.8. The van der Waals surface area contributed by atoms with Gasteiger partial charge in [0.25, 0.3) is 11.6 Å². The number of amides is 1. The first-order valence-electron chi connectivity index (χ1n) is 6.09. The van der Waals surface area contributed by atoms with Gasteiger partial charge in [0.2, 0.25) is 0 Å². The van der Waals surface area contributed by atoms with Gasteiger partial charge in [-0.15, -0.1) is 12.4 Å². The molecule has 0 heterocycles. The lowest BCUT2D eigenvalue weighted by atomic mass is 10.2. The molecule has 0 aliphatic rings. The summed E-state index contributed by atoms with van der Waals surface area (Å²) in [6.45, 7) is 3.80. The van der Waals surface area contributed by atoms with Crippen molar-refractivity contribution in [2.24, 2.45) is 0 Å². The summed E-state index contributed by atoms with van der Waals surface area (Å²) in [7, 11) is 0. The molecule has 0 aromatic heterocycles. The Labute approximate surface area is 136 Å². The molecule has 0 bridgehead atoms. The van der Waals surface area contributed by atoms with Crippen molar-refractivity contribution in [3.63, 3.8) is 0 Å². The predicted molar refractivity (Wildman–Crippen MR) is 83.5 cm³/mol. The van der Waals surface area contributed by atoms with E-state index in [1.54, 1.807) is 0 Å². The van der Waals surface area contributed by atoms with Crippen molar-refractivity contribution in [2.45, 2.75) is 13.3 Å². The Bertz CT molecular complexity index is 517. The van der Waals surface area contributed by atoms with Gasteiger partial charge in [-0.25, -0.2) is 4.39 Å². The number of halogens is 3. The maximum atomic E-state index is 13.3. The van der Waals surface area contributed by atoms with Crippen LogP contribution in [0.1, 0.15) is 23.7 Å². The van der Waals surface area contributed by atoms with E-state index >= 15 is 0 Å². The molecule has 0 aliphatic carbocycles. The van der Waals surface area contributed by atoms with Crippen LogP contribution in [0.5, 0.6) is 0 Å².